The molecule has 1 saturated heterocycles. The second kappa shape index (κ2) is 6.07. The molecule has 2 rings (SSSR count). The third-order valence-corrected chi connectivity index (χ3v) is 3.12. The van der Waals surface area contributed by atoms with Crippen LogP contribution in [0.5, 0.6) is 0 Å². The Bertz CT molecular complexity index is 422. The van der Waals surface area contributed by atoms with Crippen LogP contribution in [0.15, 0.2) is 24.3 Å². The zero-order chi connectivity index (χ0) is 12.4. The summed E-state index contributed by atoms with van der Waals surface area (Å²) in [5.74, 6) is 0.0849. The largest absolute Gasteiger partial charge is 0.378 e. The van der Waals surface area contributed by atoms with E-state index in [0.29, 0.717) is 6.54 Å². The molecule has 4 nitrogen and oxygen atoms in total. The third-order valence-electron chi connectivity index (χ3n) is 3.12. The molecule has 1 aliphatic heterocycles. The van der Waals surface area contributed by atoms with Crippen molar-refractivity contribution in [3.63, 3.8) is 0 Å². The molecule has 1 aromatic rings. The minimum Gasteiger partial charge on any atom is -0.378 e. The summed E-state index contributed by atoms with van der Waals surface area (Å²) in [6.45, 7) is 1.44. The summed E-state index contributed by atoms with van der Waals surface area (Å²) in [6, 6.07) is 7.83. The van der Waals surface area contributed by atoms with Crippen LogP contribution in [0.25, 0.3) is 0 Å². The lowest BCUT2D eigenvalue weighted by Crippen LogP contribution is -2.31. The summed E-state index contributed by atoms with van der Waals surface area (Å²) in [5, 5.41) is 0. The fraction of sp³-hybridized carbons (Fsp3) is 0.462. The predicted octanol–water partition coefficient (Wildman–Crippen LogP) is 1.35. The molecule has 0 radical (unpaired) electrons. The van der Waals surface area contributed by atoms with Crippen molar-refractivity contribution in [2.45, 2.75) is 12.5 Å². The lowest BCUT2D eigenvalue weighted by molar-refractivity contribution is 0.0791. The molecule has 1 aliphatic rings. The summed E-state index contributed by atoms with van der Waals surface area (Å²) in [7, 11) is 3.94. The molecule has 100 valence electrons. The molecule has 18 heavy (non-hydrogen) atoms. The van der Waals surface area contributed by atoms with Crippen LogP contribution in [-0.2, 0) is 0 Å². The SMILES string of the molecule is CN(C)c1cccc(C(=O)N2CC[C@H](N)C2)c1.Cl. The van der Waals surface area contributed by atoms with Crippen LogP contribution >= 0.6 is 12.4 Å². The number of hydrogen-bond donors (Lipinski definition) is 1. The Labute approximate surface area is 114 Å². The summed E-state index contributed by atoms with van der Waals surface area (Å²) in [5.41, 5.74) is 7.60. The van der Waals surface area contributed by atoms with Crippen molar-refractivity contribution in [3.8, 4) is 0 Å². The summed E-state index contributed by atoms with van der Waals surface area (Å²) < 4.78 is 0. The minimum atomic E-state index is 0. The van der Waals surface area contributed by atoms with Crippen molar-refractivity contribution in [2.24, 2.45) is 5.73 Å². The van der Waals surface area contributed by atoms with Crippen molar-refractivity contribution in [1.82, 2.24) is 4.90 Å². The maximum absolute atomic E-state index is 12.2. The van der Waals surface area contributed by atoms with Crippen LogP contribution in [0.3, 0.4) is 0 Å². The van der Waals surface area contributed by atoms with Gasteiger partial charge in [-0.3, -0.25) is 4.79 Å². The van der Waals surface area contributed by atoms with Gasteiger partial charge in [0.15, 0.2) is 0 Å². The molecule has 0 aromatic heterocycles. The van der Waals surface area contributed by atoms with Crippen molar-refractivity contribution < 1.29 is 4.79 Å². The number of rotatable bonds is 2. The van der Waals surface area contributed by atoms with Crippen LogP contribution in [0.1, 0.15) is 16.8 Å². The molecular formula is C13H20ClN3O. The number of nitrogens with zero attached hydrogens (tertiary/aromatic N) is 2. The van der Waals surface area contributed by atoms with Crippen LogP contribution in [0, 0.1) is 0 Å². The molecule has 0 unspecified atom stereocenters. The normalized spacial score (nSPS) is 18.4. The second-order valence-corrected chi connectivity index (χ2v) is 4.74. The number of carbonyl (C=O) groups excluding carboxylic acids is 1. The van der Waals surface area contributed by atoms with Gasteiger partial charge < -0.3 is 15.5 Å². The molecule has 1 aromatic carbocycles. The molecule has 1 amide bonds. The van der Waals surface area contributed by atoms with Crippen molar-refractivity contribution in [3.05, 3.63) is 29.8 Å². The van der Waals surface area contributed by atoms with E-state index in [9.17, 15) is 4.79 Å². The zero-order valence-corrected chi connectivity index (χ0v) is 11.6. The Kier molecular flexibility index (Phi) is 4.99. The van der Waals surface area contributed by atoms with E-state index >= 15 is 0 Å². The Morgan fingerprint density at radius 3 is 2.72 bits per heavy atom. The summed E-state index contributed by atoms with van der Waals surface area (Å²) in [4.78, 5) is 16.0. The molecule has 5 heteroatoms. The maximum atomic E-state index is 12.2. The molecule has 0 aliphatic carbocycles. The topological polar surface area (TPSA) is 49.6 Å². The number of nitrogens with two attached hydrogens (primary N) is 1. The van der Waals surface area contributed by atoms with Crippen LogP contribution in [-0.4, -0.2) is 44.0 Å². The quantitative estimate of drug-likeness (QED) is 0.882. The van der Waals surface area contributed by atoms with E-state index in [1.807, 2.05) is 48.2 Å². The first-order chi connectivity index (χ1) is 8.08. The molecular weight excluding hydrogens is 250 g/mol. The minimum absolute atomic E-state index is 0. The van der Waals surface area contributed by atoms with E-state index in [-0.39, 0.29) is 24.4 Å². The van der Waals surface area contributed by atoms with E-state index in [1.54, 1.807) is 0 Å². The van der Waals surface area contributed by atoms with Gasteiger partial charge in [0, 0.05) is 44.5 Å². The molecule has 0 bridgehead atoms. The highest BCUT2D eigenvalue weighted by Gasteiger charge is 2.24. The van der Waals surface area contributed by atoms with Crippen molar-refractivity contribution in [2.75, 3.05) is 32.1 Å². The number of halogens is 1. The van der Waals surface area contributed by atoms with Crippen molar-refractivity contribution >= 4 is 24.0 Å². The van der Waals surface area contributed by atoms with E-state index in [0.717, 1.165) is 24.2 Å². The molecule has 0 saturated carbocycles. The van der Waals surface area contributed by atoms with Gasteiger partial charge in [-0.05, 0) is 24.6 Å². The average molecular weight is 270 g/mol. The standard InChI is InChI=1S/C13H19N3O.ClH/c1-15(2)12-5-3-4-10(8-12)13(17)16-7-6-11(14)9-16;/h3-5,8,11H,6-7,9,14H2,1-2H3;1H/t11-;/m0./s1. The zero-order valence-electron chi connectivity index (χ0n) is 10.8. The number of benzene rings is 1. The maximum Gasteiger partial charge on any atom is 0.253 e. The van der Waals surface area contributed by atoms with E-state index in [2.05, 4.69) is 0 Å². The fourth-order valence-electron chi connectivity index (χ4n) is 2.07. The van der Waals surface area contributed by atoms with Crippen LogP contribution in [0.4, 0.5) is 5.69 Å². The predicted molar refractivity (Wildman–Crippen MR) is 76.5 cm³/mol. The molecule has 0 spiro atoms. The highest BCUT2D eigenvalue weighted by molar-refractivity contribution is 5.95. The molecule has 2 N–H and O–H groups in total. The van der Waals surface area contributed by atoms with E-state index in [1.165, 1.54) is 0 Å². The van der Waals surface area contributed by atoms with Gasteiger partial charge in [0.1, 0.15) is 0 Å². The first-order valence-electron chi connectivity index (χ1n) is 5.90. The second-order valence-electron chi connectivity index (χ2n) is 4.74. The van der Waals surface area contributed by atoms with Gasteiger partial charge in [-0.15, -0.1) is 12.4 Å². The van der Waals surface area contributed by atoms with E-state index in [4.69, 9.17) is 5.73 Å². The number of anilines is 1. The Morgan fingerprint density at radius 1 is 1.44 bits per heavy atom. The van der Waals surface area contributed by atoms with Gasteiger partial charge in [-0.1, -0.05) is 6.07 Å². The van der Waals surface area contributed by atoms with Gasteiger partial charge in [0.2, 0.25) is 0 Å². The van der Waals surface area contributed by atoms with Crippen LogP contribution in [0.2, 0.25) is 0 Å². The Hall–Kier alpha value is -1.26. The highest BCUT2D eigenvalue weighted by atomic mass is 35.5. The average Bonchev–Trinajstić information content (AvgIpc) is 2.75. The van der Waals surface area contributed by atoms with E-state index < -0.39 is 0 Å². The first kappa shape index (κ1) is 14.8. The number of amides is 1. The smallest absolute Gasteiger partial charge is 0.253 e. The van der Waals surface area contributed by atoms with Gasteiger partial charge in [0.05, 0.1) is 0 Å². The number of hydrogen-bond acceptors (Lipinski definition) is 3. The Morgan fingerprint density at radius 2 is 2.17 bits per heavy atom. The monoisotopic (exact) mass is 269 g/mol. The molecule has 1 heterocycles. The lowest BCUT2D eigenvalue weighted by Gasteiger charge is -2.18. The van der Waals surface area contributed by atoms with Gasteiger partial charge in [0.25, 0.3) is 5.91 Å². The molecule has 1 atom stereocenters. The summed E-state index contributed by atoms with van der Waals surface area (Å²) >= 11 is 0. The number of likely N-dealkylation sites (tertiary alicyclic amines) is 1. The first-order valence-corrected chi connectivity index (χ1v) is 5.90. The number of carbonyl (C=O) groups is 1. The van der Waals surface area contributed by atoms with Gasteiger partial charge in [-0.25, -0.2) is 0 Å². The Balaban J connectivity index is 0.00000162. The van der Waals surface area contributed by atoms with Crippen molar-refractivity contribution in [1.29, 1.82) is 0 Å². The molecule has 1 fully saturated rings. The lowest BCUT2D eigenvalue weighted by atomic mass is 10.1. The van der Waals surface area contributed by atoms with Crippen LogP contribution < -0.4 is 10.6 Å². The summed E-state index contributed by atoms with van der Waals surface area (Å²) in [6.07, 6.45) is 0.902. The van der Waals surface area contributed by atoms with Gasteiger partial charge >= 0.3 is 0 Å². The highest BCUT2D eigenvalue weighted by Crippen LogP contribution is 2.17. The third kappa shape index (κ3) is 3.15. The fourth-order valence-corrected chi connectivity index (χ4v) is 2.07. The van der Waals surface area contributed by atoms with Gasteiger partial charge in [-0.2, -0.15) is 0 Å².